The summed E-state index contributed by atoms with van der Waals surface area (Å²) in [5, 5.41) is 9.00. The molecule has 0 fully saturated rings. The van der Waals surface area contributed by atoms with Crippen LogP contribution in [-0.4, -0.2) is 11.7 Å². The van der Waals surface area contributed by atoms with Crippen molar-refractivity contribution < 1.29 is 13.9 Å². The van der Waals surface area contributed by atoms with E-state index in [1.54, 1.807) is 37.3 Å². The van der Waals surface area contributed by atoms with E-state index >= 15 is 0 Å². The number of benzene rings is 2. The van der Waals surface area contributed by atoms with Crippen molar-refractivity contribution in [2.45, 2.75) is 11.8 Å². The van der Waals surface area contributed by atoms with E-state index in [1.807, 2.05) is 0 Å². The van der Waals surface area contributed by atoms with Crippen LogP contribution in [0, 0.1) is 11.6 Å². The first-order valence-corrected chi connectivity index (χ1v) is 7.19. The van der Waals surface area contributed by atoms with Gasteiger partial charge in [-0.05, 0) is 60.3 Å². The molecule has 0 aliphatic carbocycles. The van der Waals surface area contributed by atoms with E-state index in [0.717, 1.165) is 17.5 Å². The minimum Gasteiger partial charge on any atom is -0.513 e. The molecular formula is C16H15F2NOS. The van der Waals surface area contributed by atoms with Gasteiger partial charge in [0.15, 0.2) is 0 Å². The average molecular weight is 307 g/mol. The van der Waals surface area contributed by atoms with Gasteiger partial charge in [0.05, 0.1) is 10.7 Å². The van der Waals surface area contributed by atoms with Crippen LogP contribution in [0.3, 0.4) is 0 Å². The Labute approximate surface area is 126 Å². The highest BCUT2D eigenvalue weighted by molar-refractivity contribution is 7.97. The summed E-state index contributed by atoms with van der Waals surface area (Å²) in [5.41, 5.74) is 1.46. The molecule has 0 radical (unpaired) electrons. The van der Waals surface area contributed by atoms with Crippen molar-refractivity contribution in [1.82, 2.24) is 4.72 Å². The molecule has 2 nitrogen and oxygen atoms in total. The van der Waals surface area contributed by atoms with E-state index in [4.69, 9.17) is 5.11 Å². The van der Waals surface area contributed by atoms with Gasteiger partial charge in [-0.15, -0.1) is 0 Å². The molecule has 0 aliphatic rings. The lowest BCUT2D eigenvalue weighted by Crippen LogP contribution is -2.03. The van der Waals surface area contributed by atoms with Crippen molar-refractivity contribution in [3.63, 3.8) is 0 Å². The Morgan fingerprint density at radius 2 is 1.81 bits per heavy atom. The lowest BCUT2D eigenvalue weighted by atomic mass is 10.1. The molecule has 0 aliphatic heterocycles. The Kier molecular flexibility index (Phi) is 5.36. The SMILES string of the molecule is C/C(O)=C/CNSc1ccc(-c2ccc(F)cc2)cc1F. The van der Waals surface area contributed by atoms with Crippen molar-refractivity contribution in [1.29, 1.82) is 0 Å². The zero-order valence-electron chi connectivity index (χ0n) is 11.4. The van der Waals surface area contributed by atoms with Crippen molar-refractivity contribution in [2.75, 3.05) is 6.54 Å². The van der Waals surface area contributed by atoms with Crippen molar-refractivity contribution in [2.24, 2.45) is 0 Å². The fourth-order valence-corrected chi connectivity index (χ4v) is 2.33. The monoisotopic (exact) mass is 307 g/mol. The van der Waals surface area contributed by atoms with Gasteiger partial charge >= 0.3 is 0 Å². The third-order valence-corrected chi connectivity index (χ3v) is 3.63. The second-order valence-electron chi connectivity index (χ2n) is 4.45. The summed E-state index contributed by atoms with van der Waals surface area (Å²) in [6.45, 7) is 2.01. The van der Waals surface area contributed by atoms with Gasteiger partial charge in [0.25, 0.3) is 0 Å². The fraction of sp³-hybridized carbons (Fsp3) is 0.125. The number of halogens is 2. The van der Waals surface area contributed by atoms with Gasteiger partial charge in [0.2, 0.25) is 0 Å². The molecule has 110 valence electrons. The second-order valence-corrected chi connectivity index (χ2v) is 5.38. The molecule has 21 heavy (non-hydrogen) atoms. The molecule has 2 aromatic rings. The van der Waals surface area contributed by atoms with Gasteiger partial charge in [-0.2, -0.15) is 0 Å². The molecule has 0 saturated heterocycles. The minimum absolute atomic E-state index is 0.218. The largest absolute Gasteiger partial charge is 0.513 e. The number of allylic oxidation sites excluding steroid dienone is 1. The van der Waals surface area contributed by atoms with Crippen molar-refractivity contribution in [3.8, 4) is 11.1 Å². The van der Waals surface area contributed by atoms with Gasteiger partial charge < -0.3 is 5.11 Å². The molecule has 0 atom stereocenters. The number of nitrogens with one attached hydrogen (secondary N) is 1. The molecule has 0 saturated carbocycles. The third kappa shape index (κ3) is 4.58. The maximum absolute atomic E-state index is 14.0. The van der Waals surface area contributed by atoms with E-state index in [-0.39, 0.29) is 17.4 Å². The van der Waals surface area contributed by atoms with Gasteiger partial charge in [0, 0.05) is 6.54 Å². The molecule has 0 heterocycles. The van der Waals surface area contributed by atoms with Gasteiger partial charge in [0.1, 0.15) is 11.6 Å². The molecule has 2 aromatic carbocycles. The Hall–Kier alpha value is -1.85. The highest BCUT2D eigenvalue weighted by atomic mass is 32.2. The Bertz CT molecular complexity index is 637. The molecular weight excluding hydrogens is 292 g/mol. The summed E-state index contributed by atoms with van der Waals surface area (Å²) in [6, 6.07) is 10.8. The minimum atomic E-state index is -0.348. The van der Waals surface area contributed by atoms with Crippen LogP contribution in [-0.2, 0) is 0 Å². The zero-order valence-corrected chi connectivity index (χ0v) is 12.3. The molecule has 5 heteroatoms. The number of hydrogen-bond donors (Lipinski definition) is 2. The fourth-order valence-electron chi connectivity index (χ4n) is 1.71. The van der Waals surface area contributed by atoms with Crippen LogP contribution in [0.1, 0.15) is 6.92 Å². The van der Waals surface area contributed by atoms with E-state index in [1.165, 1.54) is 18.2 Å². The second kappa shape index (κ2) is 7.24. The van der Waals surface area contributed by atoms with Gasteiger partial charge in [-0.3, -0.25) is 4.72 Å². The maximum Gasteiger partial charge on any atom is 0.138 e. The Balaban J connectivity index is 2.07. The molecule has 0 bridgehead atoms. The third-order valence-electron chi connectivity index (χ3n) is 2.77. The Morgan fingerprint density at radius 3 is 2.43 bits per heavy atom. The highest BCUT2D eigenvalue weighted by Crippen LogP contribution is 2.26. The van der Waals surface area contributed by atoms with Crippen LogP contribution in [0.4, 0.5) is 8.78 Å². The predicted octanol–water partition coefficient (Wildman–Crippen LogP) is 4.69. The molecule has 0 unspecified atom stereocenters. The summed E-state index contributed by atoms with van der Waals surface area (Å²) >= 11 is 1.15. The van der Waals surface area contributed by atoms with E-state index in [9.17, 15) is 8.78 Å². The molecule has 0 amide bonds. The van der Waals surface area contributed by atoms with Crippen LogP contribution < -0.4 is 4.72 Å². The summed E-state index contributed by atoms with van der Waals surface area (Å²) < 4.78 is 29.8. The Morgan fingerprint density at radius 1 is 1.14 bits per heavy atom. The van der Waals surface area contributed by atoms with Crippen LogP contribution in [0.25, 0.3) is 11.1 Å². The normalized spacial score (nSPS) is 11.7. The van der Waals surface area contributed by atoms with Crippen LogP contribution in [0.5, 0.6) is 0 Å². The van der Waals surface area contributed by atoms with Crippen molar-refractivity contribution in [3.05, 3.63) is 65.9 Å². The quantitative estimate of drug-likeness (QED) is 0.477. The van der Waals surface area contributed by atoms with E-state index < -0.39 is 0 Å². The summed E-state index contributed by atoms with van der Waals surface area (Å²) in [6.07, 6.45) is 1.60. The van der Waals surface area contributed by atoms with Crippen molar-refractivity contribution >= 4 is 11.9 Å². The molecule has 0 spiro atoms. The van der Waals surface area contributed by atoms with Gasteiger partial charge in [-0.25, -0.2) is 8.78 Å². The topological polar surface area (TPSA) is 32.3 Å². The smallest absolute Gasteiger partial charge is 0.138 e. The average Bonchev–Trinajstić information content (AvgIpc) is 2.45. The number of hydrogen-bond acceptors (Lipinski definition) is 3. The number of aliphatic hydroxyl groups excluding tert-OH is 1. The molecule has 2 rings (SSSR count). The van der Waals surface area contributed by atoms with Crippen LogP contribution in [0.2, 0.25) is 0 Å². The van der Waals surface area contributed by atoms with E-state index in [2.05, 4.69) is 4.72 Å². The van der Waals surface area contributed by atoms with Crippen LogP contribution >= 0.6 is 11.9 Å². The zero-order chi connectivity index (χ0) is 15.2. The summed E-state index contributed by atoms with van der Waals surface area (Å²) in [5.74, 6) is -0.447. The molecule has 0 aromatic heterocycles. The lowest BCUT2D eigenvalue weighted by molar-refractivity contribution is 0.412. The lowest BCUT2D eigenvalue weighted by Gasteiger charge is -2.06. The van der Waals surface area contributed by atoms with E-state index in [0.29, 0.717) is 17.0 Å². The first-order chi connectivity index (χ1) is 10.1. The van der Waals surface area contributed by atoms with Gasteiger partial charge in [-0.1, -0.05) is 18.2 Å². The first-order valence-electron chi connectivity index (χ1n) is 6.37. The number of aliphatic hydroxyl groups is 1. The maximum atomic E-state index is 14.0. The standard InChI is InChI=1S/C16H15F2NOS/c1-11(20)8-9-19-21-16-7-4-13(10-15(16)18)12-2-5-14(17)6-3-12/h2-8,10,19-20H,9H2,1H3/b11-8-. The summed E-state index contributed by atoms with van der Waals surface area (Å²) in [7, 11) is 0. The molecule has 2 N–H and O–H groups in total. The highest BCUT2D eigenvalue weighted by Gasteiger charge is 2.06. The first kappa shape index (κ1) is 15.5. The summed E-state index contributed by atoms with van der Waals surface area (Å²) in [4.78, 5) is 0.463. The van der Waals surface area contributed by atoms with Crippen LogP contribution in [0.15, 0.2) is 59.2 Å². The number of rotatable bonds is 5. The predicted molar refractivity (Wildman–Crippen MR) is 82.0 cm³/mol.